The fourth-order valence-electron chi connectivity index (χ4n) is 2.71. The topological polar surface area (TPSA) is 75.2 Å². The Morgan fingerprint density at radius 3 is 2.81 bits per heavy atom. The average Bonchev–Trinajstić information content (AvgIpc) is 2.83. The molecule has 1 aliphatic heterocycles. The number of aryl methyl sites for hydroxylation is 1. The van der Waals surface area contributed by atoms with Crippen LogP contribution in [-0.2, 0) is 9.59 Å². The predicted octanol–water partition coefficient (Wildman–Crippen LogP) is 1.76. The first-order chi connectivity index (χ1) is 10.0. The van der Waals surface area contributed by atoms with Crippen molar-refractivity contribution in [2.75, 3.05) is 11.9 Å². The Labute approximate surface area is 125 Å². The lowest BCUT2D eigenvalue weighted by Gasteiger charge is -2.25. The molecule has 2 heterocycles. The molecule has 1 aliphatic rings. The molecule has 0 bridgehead atoms. The highest BCUT2D eigenvalue weighted by Crippen LogP contribution is 2.23. The first kappa shape index (κ1) is 15.4. The highest BCUT2D eigenvalue weighted by atomic mass is 16.2. The molecule has 2 amide bonds. The summed E-state index contributed by atoms with van der Waals surface area (Å²) in [6.07, 6.45) is 3.71. The van der Waals surface area contributed by atoms with Crippen molar-refractivity contribution in [2.24, 2.45) is 5.92 Å². The van der Waals surface area contributed by atoms with E-state index in [1.165, 1.54) is 0 Å². The van der Waals surface area contributed by atoms with Crippen molar-refractivity contribution in [2.45, 2.75) is 46.1 Å². The number of anilines is 1. The van der Waals surface area contributed by atoms with E-state index in [-0.39, 0.29) is 30.2 Å². The number of hydrogen-bond donors (Lipinski definition) is 1. The number of nitrogens with zero attached hydrogens (tertiary/aromatic N) is 3. The maximum atomic E-state index is 12.2. The molecule has 1 aromatic heterocycles. The third-order valence-corrected chi connectivity index (χ3v) is 3.94. The summed E-state index contributed by atoms with van der Waals surface area (Å²) in [6, 6.07) is 1.99. The second-order valence-electron chi connectivity index (χ2n) is 5.43. The van der Waals surface area contributed by atoms with Gasteiger partial charge >= 0.3 is 0 Å². The number of likely N-dealkylation sites (tertiary alicyclic amines) is 1. The molecule has 1 aromatic rings. The molecule has 1 unspecified atom stereocenters. The van der Waals surface area contributed by atoms with E-state index in [1.807, 2.05) is 11.8 Å². The quantitative estimate of drug-likeness (QED) is 0.896. The van der Waals surface area contributed by atoms with Gasteiger partial charge in [-0.3, -0.25) is 14.9 Å². The van der Waals surface area contributed by atoms with Gasteiger partial charge in [-0.25, -0.2) is 9.97 Å². The van der Waals surface area contributed by atoms with Gasteiger partial charge in [-0.05, 0) is 25.8 Å². The number of amides is 2. The minimum Gasteiger partial charge on any atom is -0.339 e. The summed E-state index contributed by atoms with van der Waals surface area (Å²) in [4.78, 5) is 34.3. The second kappa shape index (κ2) is 6.65. The highest BCUT2D eigenvalue weighted by molar-refractivity contribution is 5.96. The van der Waals surface area contributed by atoms with Crippen molar-refractivity contribution in [3.05, 3.63) is 18.0 Å². The third kappa shape index (κ3) is 3.56. The van der Waals surface area contributed by atoms with Crippen LogP contribution < -0.4 is 5.32 Å². The molecule has 114 valence electrons. The average molecular weight is 290 g/mol. The SMILES string of the molecule is CCC(CC)N1CC(C(=O)Nc2nccc(C)n2)CC1=O. The molecule has 0 saturated carbocycles. The van der Waals surface area contributed by atoms with Crippen LogP contribution in [0.3, 0.4) is 0 Å². The molecule has 0 spiro atoms. The molecule has 6 nitrogen and oxygen atoms in total. The molecule has 1 N–H and O–H groups in total. The summed E-state index contributed by atoms with van der Waals surface area (Å²) in [7, 11) is 0. The van der Waals surface area contributed by atoms with Crippen LogP contribution in [0.5, 0.6) is 0 Å². The molecule has 2 rings (SSSR count). The van der Waals surface area contributed by atoms with Crippen LogP contribution in [0.2, 0.25) is 0 Å². The molecule has 1 saturated heterocycles. The molecule has 21 heavy (non-hydrogen) atoms. The lowest BCUT2D eigenvalue weighted by atomic mass is 10.1. The summed E-state index contributed by atoms with van der Waals surface area (Å²) in [5, 5.41) is 2.70. The second-order valence-corrected chi connectivity index (χ2v) is 5.43. The molecule has 0 aliphatic carbocycles. The number of aromatic nitrogens is 2. The molecule has 0 radical (unpaired) electrons. The van der Waals surface area contributed by atoms with Crippen molar-refractivity contribution in [3.8, 4) is 0 Å². The Bertz CT molecular complexity index is 528. The summed E-state index contributed by atoms with van der Waals surface area (Å²) in [5.41, 5.74) is 0.793. The van der Waals surface area contributed by atoms with Gasteiger partial charge in [0.15, 0.2) is 0 Å². The Morgan fingerprint density at radius 2 is 2.19 bits per heavy atom. The highest BCUT2D eigenvalue weighted by Gasteiger charge is 2.37. The predicted molar refractivity (Wildman–Crippen MR) is 79.6 cm³/mol. The third-order valence-electron chi connectivity index (χ3n) is 3.94. The van der Waals surface area contributed by atoms with Crippen LogP contribution in [0, 0.1) is 12.8 Å². The van der Waals surface area contributed by atoms with E-state index in [9.17, 15) is 9.59 Å². The van der Waals surface area contributed by atoms with E-state index in [0.29, 0.717) is 12.5 Å². The maximum absolute atomic E-state index is 12.2. The zero-order valence-electron chi connectivity index (χ0n) is 12.8. The number of carbonyl (C=O) groups is 2. The van der Waals surface area contributed by atoms with Crippen molar-refractivity contribution >= 4 is 17.8 Å². The van der Waals surface area contributed by atoms with E-state index < -0.39 is 0 Å². The van der Waals surface area contributed by atoms with Gasteiger partial charge in [0.1, 0.15) is 0 Å². The Morgan fingerprint density at radius 1 is 1.48 bits per heavy atom. The molecule has 1 fully saturated rings. The zero-order valence-corrected chi connectivity index (χ0v) is 12.8. The monoisotopic (exact) mass is 290 g/mol. The fraction of sp³-hybridized carbons (Fsp3) is 0.600. The summed E-state index contributed by atoms with van der Waals surface area (Å²) >= 11 is 0. The standard InChI is InChI=1S/C15H22N4O2/c1-4-12(5-2)19-9-11(8-13(19)20)14(21)18-15-16-7-6-10(3)17-15/h6-7,11-12H,4-5,8-9H2,1-3H3,(H,16,17,18,21). The first-order valence-electron chi connectivity index (χ1n) is 7.45. The van der Waals surface area contributed by atoms with Crippen LogP contribution in [0.4, 0.5) is 5.95 Å². The van der Waals surface area contributed by atoms with Crippen molar-refractivity contribution in [1.29, 1.82) is 0 Å². The number of nitrogens with one attached hydrogen (secondary N) is 1. The van der Waals surface area contributed by atoms with Gasteiger partial charge in [-0.15, -0.1) is 0 Å². The van der Waals surface area contributed by atoms with E-state index in [1.54, 1.807) is 12.3 Å². The van der Waals surface area contributed by atoms with E-state index in [2.05, 4.69) is 29.1 Å². The Balaban J connectivity index is 2.00. The Hall–Kier alpha value is -1.98. The number of hydrogen-bond acceptors (Lipinski definition) is 4. The van der Waals surface area contributed by atoms with Crippen molar-refractivity contribution in [1.82, 2.24) is 14.9 Å². The lowest BCUT2D eigenvalue weighted by molar-refractivity contribution is -0.130. The fourth-order valence-corrected chi connectivity index (χ4v) is 2.71. The molecular formula is C15H22N4O2. The van der Waals surface area contributed by atoms with Crippen LogP contribution in [-0.4, -0.2) is 39.3 Å². The minimum atomic E-state index is -0.317. The summed E-state index contributed by atoms with van der Waals surface area (Å²) < 4.78 is 0. The van der Waals surface area contributed by atoms with E-state index in [0.717, 1.165) is 18.5 Å². The van der Waals surface area contributed by atoms with E-state index in [4.69, 9.17) is 0 Å². The van der Waals surface area contributed by atoms with Gasteiger partial charge in [0, 0.05) is 30.9 Å². The molecule has 1 atom stereocenters. The van der Waals surface area contributed by atoms with Crippen molar-refractivity contribution < 1.29 is 9.59 Å². The molecule has 6 heteroatoms. The van der Waals surface area contributed by atoms with Gasteiger partial charge in [0.05, 0.1) is 5.92 Å². The van der Waals surface area contributed by atoms with Crippen LogP contribution in [0.25, 0.3) is 0 Å². The number of carbonyl (C=O) groups excluding carboxylic acids is 2. The Kier molecular flexibility index (Phi) is 4.88. The zero-order chi connectivity index (χ0) is 15.4. The van der Waals surface area contributed by atoms with Gasteiger partial charge in [0.2, 0.25) is 17.8 Å². The van der Waals surface area contributed by atoms with Gasteiger partial charge < -0.3 is 4.90 Å². The van der Waals surface area contributed by atoms with Crippen LogP contribution >= 0.6 is 0 Å². The molecular weight excluding hydrogens is 268 g/mol. The van der Waals surface area contributed by atoms with Gasteiger partial charge in [-0.2, -0.15) is 0 Å². The van der Waals surface area contributed by atoms with Crippen LogP contribution in [0.15, 0.2) is 12.3 Å². The largest absolute Gasteiger partial charge is 0.339 e. The summed E-state index contributed by atoms with van der Waals surface area (Å²) in [6.45, 7) is 6.46. The van der Waals surface area contributed by atoms with Crippen molar-refractivity contribution in [3.63, 3.8) is 0 Å². The number of rotatable bonds is 5. The van der Waals surface area contributed by atoms with Gasteiger partial charge in [-0.1, -0.05) is 13.8 Å². The minimum absolute atomic E-state index is 0.0639. The van der Waals surface area contributed by atoms with Crippen LogP contribution in [0.1, 0.15) is 38.8 Å². The normalized spacial score (nSPS) is 18.4. The first-order valence-corrected chi connectivity index (χ1v) is 7.45. The smallest absolute Gasteiger partial charge is 0.232 e. The maximum Gasteiger partial charge on any atom is 0.232 e. The lowest BCUT2D eigenvalue weighted by Crippen LogP contribution is -2.36. The summed E-state index contributed by atoms with van der Waals surface area (Å²) in [5.74, 6) is -0.132. The van der Waals surface area contributed by atoms with Gasteiger partial charge in [0.25, 0.3) is 0 Å². The van der Waals surface area contributed by atoms with E-state index >= 15 is 0 Å². The molecule has 0 aromatic carbocycles.